The van der Waals surface area contributed by atoms with Gasteiger partial charge in [0.2, 0.25) is 0 Å². The molecule has 2 fully saturated rings. The first kappa shape index (κ1) is 14.6. The van der Waals surface area contributed by atoms with Crippen LogP contribution in [0, 0.1) is 0 Å². The largest absolute Gasteiger partial charge is 0.355 e. The van der Waals surface area contributed by atoms with Crippen molar-refractivity contribution in [2.45, 2.75) is 32.2 Å². The van der Waals surface area contributed by atoms with E-state index in [0.717, 1.165) is 36.8 Å². The van der Waals surface area contributed by atoms with Crippen LogP contribution in [0.25, 0.3) is 11.4 Å². The van der Waals surface area contributed by atoms with Crippen molar-refractivity contribution in [3.8, 4) is 11.4 Å². The maximum atomic E-state index is 4.58. The maximum Gasteiger partial charge on any atom is 0.147 e. The van der Waals surface area contributed by atoms with Crippen molar-refractivity contribution in [1.29, 1.82) is 0 Å². The highest BCUT2D eigenvalue weighted by atomic mass is 15.2. The summed E-state index contributed by atoms with van der Waals surface area (Å²) in [5.74, 6) is 0.983. The van der Waals surface area contributed by atoms with Gasteiger partial charge in [-0.05, 0) is 50.4 Å². The van der Waals surface area contributed by atoms with Gasteiger partial charge in [0, 0.05) is 25.8 Å². The highest BCUT2D eigenvalue weighted by Gasteiger charge is 2.14. The Kier molecular flexibility index (Phi) is 4.20. The summed E-state index contributed by atoms with van der Waals surface area (Å²) >= 11 is 0. The molecule has 2 saturated heterocycles. The van der Waals surface area contributed by atoms with E-state index in [2.05, 4.69) is 36.9 Å². The Balaban J connectivity index is 1.44. The molecular weight excluding hydrogens is 286 g/mol. The molecule has 120 valence electrons. The van der Waals surface area contributed by atoms with E-state index in [1.807, 2.05) is 18.6 Å². The van der Waals surface area contributed by atoms with Gasteiger partial charge in [-0.25, -0.2) is 9.97 Å². The number of nitrogens with zero attached hydrogens (tertiary/aromatic N) is 5. The Labute approximate surface area is 137 Å². The molecular formula is C18H23N5. The summed E-state index contributed by atoms with van der Waals surface area (Å²) in [6.45, 7) is 5.62. The topological polar surface area (TPSA) is 45.2 Å². The van der Waals surface area contributed by atoms with Gasteiger partial charge in [0.05, 0.1) is 18.1 Å². The zero-order valence-electron chi connectivity index (χ0n) is 13.5. The van der Waals surface area contributed by atoms with E-state index in [9.17, 15) is 0 Å². The summed E-state index contributed by atoms with van der Waals surface area (Å²) in [5, 5.41) is 0. The summed E-state index contributed by atoms with van der Waals surface area (Å²) in [4.78, 5) is 18.5. The Morgan fingerprint density at radius 1 is 0.739 bits per heavy atom. The van der Waals surface area contributed by atoms with Gasteiger partial charge in [0.25, 0.3) is 0 Å². The lowest BCUT2D eigenvalue weighted by Crippen LogP contribution is -2.19. The SMILES string of the molecule is c1cc(-c2cnc(N3CCCC3)cn2)ncc1CN1CCCC1. The minimum Gasteiger partial charge on any atom is -0.355 e. The number of pyridine rings is 1. The quantitative estimate of drug-likeness (QED) is 0.869. The molecule has 0 amide bonds. The van der Waals surface area contributed by atoms with Crippen LogP contribution in [0.4, 0.5) is 5.82 Å². The van der Waals surface area contributed by atoms with Crippen LogP contribution in [-0.4, -0.2) is 46.0 Å². The third kappa shape index (κ3) is 3.34. The molecule has 0 atom stereocenters. The van der Waals surface area contributed by atoms with Gasteiger partial charge in [0.1, 0.15) is 11.5 Å². The van der Waals surface area contributed by atoms with Gasteiger partial charge < -0.3 is 4.90 Å². The lowest BCUT2D eigenvalue weighted by atomic mass is 10.2. The third-order valence-corrected chi connectivity index (χ3v) is 4.76. The van der Waals surface area contributed by atoms with Gasteiger partial charge in [-0.1, -0.05) is 6.07 Å². The molecule has 0 unspecified atom stereocenters. The Bertz CT molecular complexity index is 625. The molecule has 0 aromatic carbocycles. The van der Waals surface area contributed by atoms with E-state index in [0.29, 0.717) is 0 Å². The molecule has 23 heavy (non-hydrogen) atoms. The second-order valence-corrected chi connectivity index (χ2v) is 6.49. The molecule has 0 aliphatic carbocycles. The van der Waals surface area contributed by atoms with Gasteiger partial charge in [0.15, 0.2) is 0 Å². The molecule has 2 aromatic rings. The Morgan fingerprint density at radius 2 is 1.48 bits per heavy atom. The normalized spacial score (nSPS) is 18.7. The fourth-order valence-electron chi connectivity index (χ4n) is 3.43. The van der Waals surface area contributed by atoms with E-state index < -0.39 is 0 Å². The second-order valence-electron chi connectivity index (χ2n) is 6.49. The van der Waals surface area contributed by atoms with Gasteiger partial charge in [-0.15, -0.1) is 0 Å². The smallest absolute Gasteiger partial charge is 0.147 e. The van der Waals surface area contributed by atoms with Crippen molar-refractivity contribution in [2.75, 3.05) is 31.1 Å². The summed E-state index contributed by atoms with van der Waals surface area (Å²) in [5.41, 5.74) is 3.02. The van der Waals surface area contributed by atoms with Crippen molar-refractivity contribution in [2.24, 2.45) is 0 Å². The van der Waals surface area contributed by atoms with Crippen molar-refractivity contribution >= 4 is 5.82 Å². The van der Waals surface area contributed by atoms with Crippen molar-refractivity contribution in [3.63, 3.8) is 0 Å². The first-order valence-corrected chi connectivity index (χ1v) is 8.63. The van der Waals surface area contributed by atoms with Crippen LogP contribution in [0.1, 0.15) is 31.2 Å². The van der Waals surface area contributed by atoms with Crippen molar-refractivity contribution in [1.82, 2.24) is 19.9 Å². The summed E-state index contributed by atoms with van der Waals surface area (Å²) in [6, 6.07) is 4.22. The minimum absolute atomic E-state index is 0.848. The number of likely N-dealkylation sites (tertiary alicyclic amines) is 1. The van der Waals surface area contributed by atoms with E-state index in [-0.39, 0.29) is 0 Å². The molecule has 4 heterocycles. The zero-order valence-corrected chi connectivity index (χ0v) is 13.5. The van der Waals surface area contributed by atoms with Crippen molar-refractivity contribution < 1.29 is 0 Å². The van der Waals surface area contributed by atoms with Gasteiger partial charge in [-0.2, -0.15) is 0 Å². The molecule has 2 aliphatic heterocycles. The predicted molar refractivity (Wildman–Crippen MR) is 91.2 cm³/mol. The second kappa shape index (κ2) is 6.62. The Morgan fingerprint density at radius 3 is 2.13 bits per heavy atom. The van der Waals surface area contributed by atoms with Crippen molar-refractivity contribution in [3.05, 3.63) is 36.3 Å². The average Bonchev–Trinajstić information content (AvgIpc) is 3.30. The minimum atomic E-state index is 0.848. The first-order chi connectivity index (χ1) is 11.4. The molecule has 0 saturated carbocycles. The molecule has 0 N–H and O–H groups in total. The fourth-order valence-corrected chi connectivity index (χ4v) is 3.43. The molecule has 5 heteroatoms. The summed E-state index contributed by atoms with van der Waals surface area (Å²) < 4.78 is 0. The molecule has 0 spiro atoms. The number of hydrogen-bond acceptors (Lipinski definition) is 5. The van der Waals surface area contributed by atoms with Gasteiger partial charge in [-0.3, -0.25) is 9.88 Å². The Hall–Kier alpha value is -2.01. The van der Waals surface area contributed by atoms with Crippen LogP contribution in [0.2, 0.25) is 0 Å². The number of aromatic nitrogens is 3. The highest BCUT2D eigenvalue weighted by Crippen LogP contribution is 2.20. The molecule has 4 rings (SSSR count). The van der Waals surface area contributed by atoms with Crippen LogP contribution in [0.3, 0.4) is 0 Å². The lowest BCUT2D eigenvalue weighted by Gasteiger charge is -2.16. The zero-order chi connectivity index (χ0) is 15.5. The highest BCUT2D eigenvalue weighted by molar-refractivity contribution is 5.54. The first-order valence-electron chi connectivity index (χ1n) is 8.63. The fraction of sp³-hybridized carbons (Fsp3) is 0.500. The molecule has 0 radical (unpaired) electrons. The molecule has 2 aromatic heterocycles. The van der Waals surface area contributed by atoms with E-state index in [1.165, 1.54) is 44.3 Å². The molecule has 5 nitrogen and oxygen atoms in total. The van der Waals surface area contributed by atoms with Crippen LogP contribution in [-0.2, 0) is 6.54 Å². The van der Waals surface area contributed by atoms with Crippen LogP contribution >= 0.6 is 0 Å². The van der Waals surface area contributed by atoms with E-state index in [4.69, 9.17) is 0 Å². The standard InChI is InChI=1S/C18H23N5/c1-2-8-22(7-1)14-15-5-6-16(19-11-15)17-12-21-18(13-20-17)23-9-3-4-10-23/h5-6,11-13H,1-4,7-10,14H2. The number of anilines is 1. The maximum absolute atomic E-state index is 4.58. The third-order valence-electron chi connectivity index (χ3n) is 4.76. The van der Waals surface area contributed by atoms with E-state index >= 15 is 0 Å². The predicted octanol–water partition coefficient (Wildman–Crippen LogP) is 2.73. The summed E-state index contributed by atoms with van der Waals surface area (Å²) in [7, 11) is 0. The molecule has 0 bridgehead atoms. The van der Waals surface area contributed by atoms with Crippen LogP contribution in [0.5, 0.6) is 0 Å². The monoisotopic (exact) mass is 309 g/mol. The number of hydrogen-bond donors (Lipinski definition) is 0. The summed E-state index contributed by atoms with van der Waals surface area (Å²) in [6.07, 6.45) is 10.8. The van der Waals surface area contributed by atoms with E-state index in [1.54, 1.807) is 0 Å². The van der Waals surface area contributed by atoms with Crippen LogP contribution < -0.4 is 4.90 Å². The average molecular weight is 309 g/mol. The molecule has 2 aliphatic rings. The number of rotatable bonds is 4. The van der Waals surface area contributed by atoms with Crippen LogP contribution in [0.15, 0.2) is 30.7 Å². The lowest BCUT2D eigenvalue weighted by molar-refractivity contribution is 0.331. The van der Waals surface area contributed by atoms with Gasteiger partial charge >= 0.3 is 0 Å².